The van der Waals surface area contributed by atoms with E-state index >= 15 is 0 Å². The molecule has 0 spiro atoms. The van der Waals surface area contributed by atoms with Crippen molar-refractivity contribution in [2.75, 3.05) is 18.9 Å². The van der Waals surface area contributed by atoms with Gasteiger partial charge in [-0.05, 0) is 17.7 Å². The van der Waals surface area contributed by atoms with E-state index in [0.717, 1.165) is 17.9 Å². The molecule has 3 rings (SSSR count). The van der Waals surface area contributed by atoms with Crippen LogP contribution in [0.15, 0.2) is 42.7 Å². The van der Waals surface area contributed by atoms with Crippen LogP contribution in [0.5, 0.6) is 5.75 Å². The van der Waals surface area contributed by atoms with Gasteiger partial charge < -0.3 is 15.4 Å². The van der Waals surface area contributed by atoms with Gasteiger partial charge in [0, 0.05) is 31.5 Å². The molecule has 1 aromatic carbocycles. The van der Waals surface area contributed by atoms with Crippen LogP contribution in [0, 0.1) is 0 Å². The van der Waals surface area contributed by atoms with E-state index in [1.807, 2.05) is 18.2 Å². The average molecular weight is 283 g/mol. The van der Waals surface area contributed by atoms with E-state index < -0.39 is 0 Å². The summed E-state index contributed by atoms with van der Waals surface area (Å²) in [7, 11) is 1.78. The fraction of sp³-hybridized carbons (Fsp3) is 0.250. The lowest BCUT2D eigenvalue weighted by Gasteiger charge is -2.13. The number of benzene rings is 1. The van der Waals surface area contributed by atoms with E-state index in [9.17, 15) is 4.79 Å². The molecule has 0 saturated heterocycles. The molecule has 21 heavy (non-hydrogen) atoms. The standard InChI is InChI=1S/C16H17N3O2/c1-17-14-6-7-18-10-13(14)16(20)19-9-12-8-11-4-2-3-5-15(11)21-12/h2-7,10,12H,8-9H2,1H3,(H,17,18)(H,19,20). The number of pyridine rings is 1. The molecule has 1 amide bonds. The first-order valence-corrected chi connectivity index (χ1v) is 6.92. The van der Waals surface area contributed by atoms with E-state index in [1.54, 1.807) is 25.5 Å². The Kier molecular flexibility index (Phi) is 3.73. The highest BCUT2D eigenvalue weighted by Crippen LogP contribution is 2.27. The Morgan fingerprint density at radius 1 is 1.38 bits per heavy atom. The zero-order valence-electron chi connectivity index (χ0n) is 11.8. The van der Waals surface area contributed by atoms with Gasteiger partial charge in [-0.15, -0.1) is 0 Å². The van der Waals surface area contributed by atoms with Gasteiger partial charge in [0.1, 0.15) is 11.9 Å². The molecule has 0 fully saturated rings. The number of rotatable bonds is 4. The topological polar surface area (TPSA) is 63.2 Å². The van der Waals surface area contributed by atoms with Gasteiger partial charge in [-0.2, -0.15) is 0 Å². The quantitative estimate of drug-likeness (QED) is 0.899. The normalized spacial score (nSPS) is 16.0. The number of hydrogen-bond acceptors (Lipinski definition) is 4. The first-order chi connectivity index (χ1) is 10.3. The third-order valence-electron chi connectivity index (χ3n) is 3.54. The Morgan fingerprint density at radius 3 is 3.05 bits per heavy atom. The van der Waals surface area contributed by atoms with Gasteiger partial charge in [-0.1, -0.05) is 18.2 Å². The van der Waals surface area contributed by atoms with Crippen molar-refractivity contribution in [3.8, 4) is 5.75 Å². The van der Waals surface area contributed by atoms with Gasteiger partial charge in [-0.25, -0.2) is 0 Å². The second-order valence-corrected chi connectivity index (χ2v) is 4.93. The lowest BCUT2D eigenvalue weighted by Crippen LogP contribution is -2.34. The van der Waals surface area contributed by atoms with Crippen molar-refractivity contribution in [1.29, 1.82) is 0 Å². The van der Waals surface area contributed by atoms with Crippen molar-refractivity contribution >= 4 is 11.6 Å². The van der Waals surface area contributed by atoms with Gasteiger partial charge in [0.2, 0.25) is 0 Å². The number of para-hydroxylation sites is 1. The zero-order chi connectivity index (χ0) is 14.7. The number of ether oxygens (including phenoxy) is 1. The summed E-state index contributed by atoms with van der Waals surface area (Å²) in [4.78, 5) is 16.2. The molecule has 2 heterocycles. The SMILES string of the molecule is CNc1ccncc1C(=O)NCC1Cc2ccccc2O1. The van der Waals surface area contributed by atoms with Crippen LogP contribution in [-0.2, 0) is 6.42 Å². The van der Waals surface area contributed by atoms with Crippen LogP contribution in [0.1, 0.15) is 15.9 Å². The van der Waals surface area contributed by atoms with Gasteiger partial charge >= 0.3 is 0 Å². The third kappa shape index (κ3) is 2.81. The number of carbonyl (C=O) groups is 1. The van der Waals surface area contributed by atoms with E-state index in [4.69, 9.17) is 4.74 Å². The molecule has 1 atom stereocenters. The van der Waals surface area contributed by atoms with Crippen LogP contribution in [0.25, 0.3) is 0 Å². The van der Waals surface area contributed by atoms with Crippen molar-refractivity contribution in [3.05, 3.63) is 53.9 Å². The number of nitrogens with one attached hydrogen (secondary N) is 2. The van der Waals surface area contributed by atoms with Crippen LogP contribution in [-0.4, -0.2) is 30.6 Å². The molecule has 5 heteroatoms. The van der Waals surface area contributed by atoms with Crippen molar-refractivity contribution in [3.63, 3.8) is 0 Å². The largest absolute Gasteiger partial charge is 0.488 e. The minimum absolute atomic E-state index is 0.0129. The summed E-state index contributed by atoms with van der Waals surface area (Å²) < 4.78 is 5.80. The Hall–Kier alpha value is -2.56. The third-order valence-corrected chi connectivity index (χ3v) is 3.54. The van der Waals surface area contributed by atoms with Gasteiger partial charge in [0.15, 0.2) is 0 Å². The van der Waals surface area contributed by atoms with Crippen molar-refractivity contribution < 1.29 is 9.53 Å². The number of amides is 1. The zero-order valence-corrected chi connectivity index (χ0v) is 11.8. The summed E-state index contributed by atoms with van der Waals surface area (Å²) in [5.41, 5.74) is 2.49. The van der Waals surface area contributed by atoms with E-state index in [-0.39, 0.29) is 12.0 Å². The number of aromatic nitrogens is 1. The monoisotopic (exact) mass is 283 g/mol. The Morgan fingerprint density at radius 2 is 2.24 bits per heavy atom. The van der Waals surface area contributed by atoms with E-state index in [1.165, 1.54) is 5.56 Å². The second-order valence-electron chi connectivity index (χ2n) is 4.93. The summed E-state index contributed by atoms with van der Waals surface area (Å²) in [5.74, 6) is 0.765. The Balaban J connectivity index is 1.60. The molecule has 108 valence electrons. The minimum atomic E-state index is -0.146. The molecule has 0 radical (unpaired) electrons. The smallest absolute Gasteiger partial charge is 0.255 e. The molecule has 1 aliphatic rings. The maximum atomic E-state index is 12.2. The highest BCUT2D eigenvalue weighted by molar-refractivity contribution is 5.99. The summed E-state index contributed by atoms with van der Waals surface area (Å²) in [6.07, 6.45) is 4.02. The van der Waals surface area contributed by atoms with Crippen LogP contribution in [0.4, 0.5) is 5.69 Å². The molecular weight excluding hydrogens is 266 g/mol. The average Bonchev–Trinajstić information content (AvgIpc) is 2.95. The summed E-state index contributed by atoms with van der Waals surface area (Å²) >= 11 is 0. The van der Waals surface area contributed by atoms with E-state index in [0.29, 0.717) is 12.1 Å². The molecule has 1 aliphatic heterocycles. The molecule has 0 aliphatic carbocycles. The van der Waals surface area contributed by atoms with Crippen LogP contribution < -0.4 is 15.4 Å². The van der Waals surface area contributed by atoms with Crippen molar-refractivity contribution in [1.82, 2.24) is 10.3 Å². The molecule has 5 nitrogen and oxygen atoms in total. The molecule has 0 saturated carbocycles. The highest BCUT2D eigenvalue weighted by Gasteiger charge is 2.23. The first-order valence-electron chi connectivity index (χ1n) is 6.92. The van der Waals surface area contributed by atoms with Gasteiger partial charge in [0.25, 0.3) is 5.91 Å². The predicted octanol–water partition coefficient (Wildman–Crippen LogP) is 1.86. The maximum absolute atomic E-state index is 12.2. The molecule has 0 bridgehead atoms. The predicted molar refractivity (Wildman–Crippen MR) is 80.7 cm³/mol. The minimum Gasteiger partial charge on any atom is -0.488 e. The van der Waals surface area contributed by atoms with Crippen LogP contribution in [0.2, 0.25) is 0 Å². The lowest BCUT2D eigenvalue weighted by atomic mass is 10.1. The van der Waals surface area contributed by atoms with Crippen LogP contribution >= 0.6 is 0 Å². The van der Waals surface area contributed by atoms with Crippen molar-refractivity contribution in [2.45, 2.75) is 12.5 Å². The highest BCUT2D eigenvalue weighted by atomic mass is 16.5. The molecule has 2 N–H and O–H groups in total. The second kappa shape index (κ2) is 5.83. The summed E-state index contributed by atoms with van der Waals surface area (Å²) in [6, 6.07) is 9.73. The van der Waals surface area contributed by atoms with Crippen LogP contribution in [0.3, 0.4) is 0 Å². The number of carbonyl (C=O) groups excluding carboxylic acids is 1. The lowest BCUT2D eigenvalue weighted by molar-refractivity contribution is 0.0934. The summed E-state index contributed by atoms with van der Waals surface area (Å²) in [5, 5.41) is 5.89. The van der Waals surface area contributed by atoms with Gasteiger partial charge in [0.05, 0.1) is 12.1 Å². The molecular formula is C16H17N3O2. The number of fused-ring (bicyclic) bond motifs is 1. The van der Waals surface area contributed by atoms with Crippen molar-refractivity contribution in [2.24, 2.45) is 0 Å². The van der Waals surface area contributed by atoms with E-state index in [2.05, 4.69) is 21.7 Å². The number of hydrogen-bond donors (Lipinski definition) is 2. The molecule has 1 aromatic heterocycles. The maximum Gasteiger partial charge on any atom is 0.255 e. The molecule has 2 aromatic rings. The molecule has 1 unspecified atom stereocenters. The fourth-order valence-corrected chi connectivity index (χ4v) is 2.46. The summed E-state index contributed by atoms with van der Waals surface area (Å²) in [6.45, 7) is 0.478. The Bertz CT molecular complexity index is 632. The number of nitrogens with zero attached hydrogens (tertiary/aromatic N) is 1. The fourth-order valence-electron chi connectivity index (χ4n) is 2.46. The Labute approximate surface area is 123 Å². The van der Waals surface area contributed by atoms with Gasteiger partial charge in [-0.3, -0.25) is 9.78 Å². The first kappa shape index (κ1) is 13.4. The number of anilines is 1.